The van der Waals surface area contributed by atoms with Crippen molar-refractivity contribution in [1.82, 2.24) is 9.97 Å². The smallest absolute Gasteiger partial charge is 0.134 e. The molecular formula is C13H20N4OS. The third kappa shape index (κ3) is 2.79. The van der Waals surface area contributed by atoms with Crippen LogP contribution in [0.1, 0.15) is 12.8 Å². The number of hydrogen-bond acceptors (Lipinski definition) is 6. The zero-order valence-corrected chi connectivity index (χ0v) is 11.8. The Bertz CT molecular complexity index is 425. The van der Waals surface area contributed by atoms with Gasteiger partial charge in [0.15, 0.2) is 0 Å². The third-order valence-corrected chi connectivity index (χ3v) is 4.80. The summed E-state index contributed by atoms with van der Waals surface area (Å²) in [5, 5.41) is 9.42. The van der Waals surface area contributed by atoms with E-state index in [-0.39, 0.29) is 12.6 Å². The molecule has 2 aliphatic heterocycles. The monoisotopic (exact) mass is 280 g/mol. The van der Waals surface area contributed by atoms with Crippen LogP contribution in [0.3, 0.4) is 0 Å². The van der Waals surface area contributed by atoms with Gasteiger partial charge in [0.25, 0.3) is 0 Å². The molecular weight excluding hydrogens is 260 g/mol. The first kappa shape index (κ1) is 13.0. The number of rotatable bonds is 3. The molecule has 0 unspecified atom stereocenters. The highest BCUT2D eigenvalue weighted by atomic mass is 32.2. The second-order valence-corrected chi connectivity index (χ2v) is 6.23. The van der Waals surface area contributed by atoms with E-state index in [1.165, 1.54) is 11.5 Å². The molecule has 1 aromatic heterocycles. The van der Waals surface area contributed by atoms with E-state index in [0.29, 0.717) is 0 Å². The van der Waals surface area contributed by atoms with Crippen molar-refractivity contribution in [3.05, 3.63) is 12.4 Å². The fourth-order valence-electron chi connectivity index (χ4n) is 2.79. The van der Waals surface area contributed by atoms with Gasteiger partial charge in [0.1, 0.15) is 18.0 Å². The van der Waals surface area contributed by atoms with Crippen molar-refractivity contribution in [1.29, 1.82) is 0 Å². The van der Waals surface area contributed by atoms with Crippen molar-refractivity contribution in [2.45, 2.75) is 18.9 Å². The first-order valence-electron chi connectivity index (χ1n) is 6.91. The molecule has 2 fully saturated rings. The van der Waals surface area contributed by atoms with E-state index in [1.54, 1.807) is 6.33 Å². The SMILES string of the molecule is OC[C@H]1CCCN1c1cc(N2CCSCC2)ncn1. The fourth-order valence-corrected chi connectivity index (χ4v) is 3.69. The van der Waals surface area contributed by atoms with Gasteiger partial charge in [-0.05, 0) is 12.8 Å². The van der Waals surface area contributed by atoms with Gasteiger partial charge in [0.2, 0.25) is 0 Å². The standard InChI is InChI=1S/C13H20N4OS/c18-9-11-2-1-3-17(11)13-8-12(14-10-15-13)16-4-6-19-7-5-16/h8,10-11,18H,1-7,9H2/t11-/m1/s1. The fraction of sp³-hybridized carbons (Fsp3) is 0.692. The summed E-state index contributed by atoms with van der Waals surface area (Å²) < 4.78 is 0. The van der Waals surface area contributed by atoms with E-state index in [0.717, 1.165) is 44.1 Å². The van der Waals surface area contributed by atoms with Crippen molar-refractivity contribution in [2.24, 2.45) is 0 Å². The summed E-state index contributed by atoms with van der Waals surface area (Å²) >= 11 is 2.00. The van der Waals surface area contributed by atoms with E-state index in [2.05, 4.69) is 25.8 Å². The molecule has 5 nitrogen and oxygen atoms in total. The van der Waals surface area contributed by atoms with Crippen LogP contribution in [0.2, 0.25) is 0 Å². The number of anilines is 2. The predicted molar refractivity (Wildman–Crippen MR) is 79.0 cm³/mol. The summed E-state index contributed by atoms with van der Waals surface area (Å²) in [7, 11) is 0. The van der Waals surface area contributed by atoms with Crippen LogP contribution in [0.25, 0.3) is 0 Å². The highest BCUT2D eigenvalue weighted by Crippen LogP contribution is 2.26. The van der Waals surface area contributed by atoms with Gasteiger partial charge in [-0.1, -0.05) is 0 Å². The lowest BCUT2D eigenvalue weighted by molar-refractivity contribution is 0.266. The molecule has 3 rings (SSSR count). The summed E-state index contributed by atoms with van der Waals surface area (Å²) in [6.07, 6.45) is 3.83. The van der Waals surface area contributed by atoms with Gasteiger partial charge in [-0.15, -0.1) is 0 Å². The van der Waals surface area contributed by atoms with Gasteiger partial charge < -0.3 is 14.9 Å². The maximum atomic E-state index is 9.42. The molecule has 1 aromatic rings. The van der Waals surface area contributed by atoms with Gasteiger partial charge in [-0.2, -0.15) is 11.8 Å². The van der Waals surface area contributed by atoms with Crippen LogP contribution in [0.15, 0.2) is 12.4 Å². The molecule has 0 spiro atoms. The third-order valence-electron chi connectivity index (χ3n) is 3.86. The van der Waals surface area contributed by atoms with E-state index >= 15 is 0 Å². The zero-order valence-electron chi connectivity index (χ0n) is 11.0. The van der Waals surface area contributed by atoms with Crippen LogP contribution in [0.4, 0.5) is 11.6 Å². The second-order valence-electron chi connectivity index (χ2n) is 5.01. The molecule has 1 N–H and O–H groups in total. The Hall–Kier alpha value is -1.01. The molecule has 0 aliphatic carbocycles. The number of aliphatic hydroxyl groups is 1. The Labute approximate surface area is 118 Å². The molecule has 104 valence electrons. The van der Waals surface area contributed by atoms with Gasteiger partial charge in [0.05, 0.1) is 12.6 Å². The first-order valence-corrected chi connectivity index (χ1v) is 8.06. The highest BCUT2D eigenvalue weighted by Gasteiger charge is 2.25. The lowest BCUT2D eigenvalue weighted by atomic mass is 10.2. The van der Waals surface area contributed by atoms with Crippen molar-refractivity contribution in [3.8, 4) is 0 Å². The van der Waals surface area contributed by atoms with Crippen LogP contribution in [0, 0.1) is 0 Å². The summed E-state index contributed by atoms with van der Waals surface area (Å²) in [6.45, 7) is 3.31. The van der Waals surface area contributed by atoms with Crippen molar-refractivity contribution >= 4 is 23.4 Å². The quantitative estimate of drug-likeness (QED) is 0.891. The maximum absolute atomic E-state index is 9.42. The molecule has 0 amide bonds. The number of hydrogen-bond donors (Lipinski definition) is 1. The largest absolute Gasteiger partial charge is 0.394 e. The van der Waals surface area contributed by atoms with E-state index < -0.39 is 0 Å². The van der Waals surface area contributed by atoms with Crippen LogP contribution in [-0.2, 0) is 0 Å². The second kappa shape index (κ2) is 5.96. The van der Waals surface area contributed by atoms with Gasteiger partial charge in [0, 0.05) is 37.2 Å². The van der Waals surface area contributed by atoms with Crippen molar-refractivity contribution in [2.75, 3.05) is 47.5 Å². The molecule has 19 heavy (non-hydrogen) atoms. The minimum absolute atomic E-state index is 0.208. The van der Waals surface area contributed by atoms with Gasteiger partial charge in [-0.25, -0.2) is 9.97 Å². The average Bonchev–Trinajstić information content (AvgIpc) is 2.97. The van der Waals surface area contributed by atoms with Crippen LogP contribution >= 0.6 is 11.8 Å². The summed E-state index contributed by atoms with van der Waals surface area (Å²) in [5.41, 5.74) is 0. The normalized spacial score (nSPS) is 23.9. The minimum Gasteiger partial charge on any atom is -0.394 e. The lowest BCUT2D eigenvalue weighted by Gasteiger charge is -2.29. The van der Waals surface area contributed by atoms with Crippen LogP contribution < -0.4 is 9.80 Å². The average molecular weight is 280 g/mol. The van der Waals surface area contributed by atoms with E-state index in [1.807, 2.05) is 11.8 Å². The maximum Gasteiger partial charge on any atom is 0.134 e. The molecule has 2 saturated heterocycles. The molecule has 0 saturated carbocycles. The summed E-state index contributed by atoms with van der Waals surface area (Å²) in [6, 6.07) is 2.30. The molecule has 1 atom stereocenters. The van der Waals surface area contributed by atoms with Crippen LogP contribution in [-0.4, -0.2) is 58.9 Å². The summed E-state index contributed by atoms with van der Waals surface area (Å²) in [4.78, 5) is 13.3. The lowest BCUT2D eigenvalue weighted by Crippen LogP contribution is -2.35. The number of aromatic nitrogens is 2. The Kier molecular flexibility index (Phi) is 4.08. The number of nitrogens with zero attached hydrogens (tertiary/aromatic N) is 4. The Morgan fingerprint density at radius 2 is 2.00 bits per heavy atom. The van der Waals surface area contributed by atoms with E-state index in [4.69, 9.17) is 0 Å². The molecule has 2 aliphatic rings. The summed E-state index contributed by atoms with van der Waals surface area (Å²) in [5.74, 6) is 4.32. The Balaban J connectivity index is 1.79. The van der Waals surface area contributed by atoms with Gasteiger partial charge in [-0.3, -0.25) is 0 Å². The molecule has 0 radical (unpaired) electrons. The minimum atomic E-state index is 0.208. The Morgan fingerprint density at radius 3 is 2.79 bits per heavy atom. The highest BCUT2D eigenvalue weighted by molar-refractivity contribution is 7.99. The topological polar surface area (TPSA) is 52.5 Å². The van der Waals surface area contributed by atoms with Crippen molar-refractivity contribution in [3.63, 3.8) is 0 Å². The van der Waals surface area contributed by atoms with Crippen molar-refractivity contribution < 1.29 is 5.11 Å². The molecule has 3 heterocycles. The van der Waals surface area contributed by atoms with E-state index in [9.17, 15) is 5.11 Å². The first-order chi connectivity index (χ1) is 9.38. The molecule has 0 aromatic carbocycles. The van der Waals surface area contributed by atoms with Gasteiger partial charge >= 0.3 is 0 Å². The predicted octanol–water partition coefficient (Wildman–Crippen LogP) is 0.991. The Morgan fingerprint density at radius 1 is 1.21 bits per heavy atom. The number of thioether (sulfide) groups is 1. The molecule has 0 bridgehead atoms. The zero-order chi connectivity index (χ0) is 13.1. The number of aliphatic hydroxyl groups excluding tert-OH is 1. The van der Waals surface area contributed by atoms with Crippen LogP contribution in [0.5, 0.6) is 0 Å². The molecule has 6 heteroatoms.